The van der Waals surface area contributed by atoms with E-state index < -0.39 is 17.3 Å². The number of hydrogen-bond acceptors (Lipinski definition) is 6. The number of fused-ring (bicyclic) bond motifs is 2. The number of carboxylic acids is 1. The standard InChI is InChI=1S/C17H20N4O3S/c1-2-5-21-10-17(16(23)24)9-20(8-12(17)15(21)22)7-11-3-4-13-14(6-11)19-25-18-13/h3-4,6,12H,2,5,7-10H2,1H3,(H,23,24)/t12-,17-/m1/s1. The van der Waals surface area contributed by atoms with E-state index in [1.807, 2.05) is 25.1 Å². The van der Waals surface area contributed by atoms with Crippen LogP contribution in [-0.2, 0) is 16.1 Å². The first kappa shape index (κ1) is 16.4. The van der Waals surface area contributed by atoms with E-state index in [0.717, 1.165) is 23.0 Å². The van der Waals surface area contributed by atoms with E-state index in [4.69, 9.17) is 0 Å². The Morgan fingerprint density at radius 3 is 2.88 bits per heavy atom. The van der Waals surface area contributed by atoms with Crippen molar-refractivity contribution in [2.24, 2.45) is 11.3 Å². The predicted octanol–water partition coefficient (Wildman–Crippen LogP) is 1.45. The van der Waals surface area contributed by atoms with E-state index in [9.17, 15) is 14.7 Å². The van der Waals surface area contributed by atoms with Crippen LogP contribution in [0, 0.1) is 11.3 Å². The zero-order valence-electron chi connectivity index (χ0n) is 14.0. The first-order valence-corrected chi connectivity index (χ1v) is 9.22. The highest BCUT2D eigenvalue weighted by atomic mass is 32.1. The number of carbonyl (C=O) groups excluding carboxylic acids is 1. The summed E-state index contributed by atoms with van der Waals surface area (Å²) < 4.78 is 8.45. The SMILES string of the molecule is CCCN1C[C@]2(C(=O)O)CN(Cc3ccc4nsnc4c3)C[C@@H]2C1=O. The topological polar surface area (TPSA) is 86.6 Å². The fourth-order valence-corrected chi connectivity index (χ4v) is 4.69. The molecule has 25 heavy (non-hydrogen) atoms. The van der Waals surface area contributed by atoms with E-state index in [-0.39, 0.29) is 5.91 Å². The van der Waals surface area contributed by atoms with Crippen molar-refractivity contribution >= 4 is 34.6 Å². The van der Waals surface area contributed by atoms with Crippen molar-refractivity contribution in [2.45, 2.75) is 19.9 Å². The summed E-state index contributed by atoms with van der Waals surface area (Å²) in [6, 6.07) is 5.92. The smallest absolute Gasteiger partial charge is 0.313 e. The zero-order chi connectivity index (χ0) is 17.6. The molecule has 1 amide bonds. The van der Waals surface area contributed by atoms with Gasteiger partial charge in [-0.05, 0) is 24.1 Å². The van der Waals surface area contributed by atoms with Crippen LogP contribution in [0.15, 0.2) is 18.2 Å². The first-order valence-electron chi connectivity index (χ1n) is 8.49. The molecule has 132 valence electrons. The molecule has 1 aromatic carbocycles. The molecule has 4 rings (SSSR count). The van der Waals surface area contributed by atoms with Crippen LogP contribution in [0.5, 0.6) is 0 Å². The van der Waals surface area contributed by atoms with Crippen molar-refractivity contribution in [2.75, 3.05) is 26.2 Å². The molecule has 3 heterocycles. The van der Waals surface area contributed by atoms with Gasteiger partial charge in [-0.1, -0.05) is 13.0 Å². The van der Waals surface area contributed by atoms with Crippen LogP contribution in [0.25, 0.3) is 11.0 Å². The summed E-state index contributed by atoms with van der Waals surface area (Å²) in [7, 11) is 0. The van der Waals surface area contributed by atoms with E-state index in [0.29, 0.717) is 32.7 Å². The highest BCUT2D eigenvalue weighted by molar-refractivity contribution is 7.00. The number of benzene rings is 1. The molecule has 0 unspecified atom stereocenters. The van der Waals surface area contributed by atoms with Crippen molar-refractivity contribution in [3.63, 3.8) is 0 Å². The maximum Gasteiger partial charge on any atom is 0.313 e. The maximum absolute atomic E-state index is 12.6. The fraction of sp³-hybridized carbons (Fsp3) is 0.529. The van der Waals surface area contributed by atoms with E-state index in [1.54, 1.807) is 4.90 Å². The second kappa shape index (κ2) is 6.03. The van der Waals surface area contributed by atoms with Crippen molar-refractivity contribution in [1.29, 1.82) is 0 Å². The van der Waals surface area contributed by atoms with Crippen molar-refractivity contribution < 1.29 is 14.7 Å². The van der Waals surface area contributed by atoms with Gasteiger partial charge in [0.25, 0.3) is 0 Å². The molecule has 0 saturated carbocycles. The highest BCUT2D eigenvalue weighted by Gasteiger charge is 2.61. The monoisotopic (exact) mass is 360 g/mol. The number of rotatable bonds is 5. The van der Waals surface area contributed by atoms with E-state index in [1.165, 1.54) is 11.7 Å². The number of hydrogen-bond donors (Lipinski definition) is 1. The van der Waals surface area contributed by atoms with Crippen LogP contribution in [0.1, 0.15) is 18.9 Å². The van der Waals surface area contributed by atoms with Crippen molar-refractivity contribution in [3.8, 4) is 0 Å². The van der Waals surface area contributed by atoms with Gasteiger partial charge < -0.3 is 10.0 Å². The van der Waals surface area contributed by atoms with Gasteiger partial charge in [0.15, 0.2) is 0 Å². The van der Waals surface area contributed by atoms with Crippen LogP contribution in [0.3, 0.4) is 0 Å². The summed E-state index contributed by atoms with van der Waals surface area (Å²) in [6.07, 6.45) is 0.847. The number of amides is 1. The van der Waals surface area contributed by atoms with Gasteiger partial charge in [0.1, 0.15) is 16.4 Å². The Hall–Kier alpha value is -2.06. The highest BCUT2D eigenvalue weighted by Crippen LogP contribution is 2.44. The number of aliphatic carboxylic acids is 1. The summed E-state index contributed by atoms with van der Waals surface area (Å²) in [5.41, 5.74) is 1.83. The summed E-state index contributed by atoms with van der Waals surface area (Å²) in [5, 5.41) is 9.85. The lowest BCUT2D eigenvalue weighted by Gasteiger charge is -2.25. The second-order valence-electron chi connectivity index (χ2n) is 7.03. The summed E-state index contributed by atoms with van der Waals surface area (Å²) in [5.74, 6) is -1.31. The van der Waals surface area contributed by atoms with Crippen LogP contribution in [0.2, 0.25) is 0 Å². The number of aromatic nitrogens is 2. The van der Waals surface area contributed by atoms with Crippen molar-refractivity contribution in [1.82, 2.24) is 18.5 Å². The average molecular weight is 360 g/mol. The molecule has 2 aliphatic heterocycles. The maximum atomic E-state index is 12.6. The molecule has 7 nitrogen and oxygen atoms in total. The lowest BCUT2D eigenvalue weighted by Crippen LogP contribution is -2.40. The summed E-state index contributed by atoms with van der Waals surface area (Å²) >= 11 is 1.18. The van der Waals surface area contributed by atoms with Gasteiger partial charge in [0.05, 0.1) is 17.6 Å². The first-order chi connectivity index (χ1) is 12.0. The number of carbonyl (C=O) groups is 2. The van der Waals surface area contributed by atoms with Crippen LogP contribution in [-0.4, -0.2) is 61.7 Å². The molecule has 0 radical (unpaired) electrons. The molecule has 0 spiro atoms. The number of likely N-dealkylation sites (tertiary alicyclic amines) is 2. The minimum absolute atomic E-state index is 0.00842. The lowest BCUT2D eigenvalue weighted by molar-refractivity contribution is -0.149. The molecule has 0 aliphatic carbocycles. The molecule has 2 saturated heterocycles. The molecule has 1 N–H and O–H groups in total. The molecule has 2 fully saturated rings. The Kier molecular flexibility index (Phi) is 3.96. The van der Waals surface area contributed by atoms with Crippen LogP contribution >= 0.6 is 11.7 Å². The van der Waals surface area contributed by atoms with Gasteiger partial charge in [-0.3, -0.25) is 14.5 Å². The van der Waals surface area contributed by atoms with Gasteiger partial charge in [0.2, 0.25) is 5.91 Å². The third-order valence-corrected chi connectivity index (χ3v) is 5.90. The predicted molar refractivity (Wildman–Crippen MR) is 93.1 cm³/mol. The molecule has 8 heteroatoms. The van der Waals surface area contributed by atoms with Gasteiger partial charge in [0, 0.05) is 32.7 Å². The Morgan fingerprint density at radius 1 is 1.36 bits per heavy atom. The van der Waals surface area contributed by atoms with Gasteiger partial charge >= 0.3 is 5.97 Å². The molecular weight excluding hydrogens is 340 g/mol. The molecule has 2 aliphatic rings. The average Bonchev–Trinajstić information content (AvgIpc) is 3.24. The second-order valence-corrected chi connectivity index (χ2v) is 7.56. The lowest BCUT2D eigenvalue weighted by atomic mass is 9.81. The van der Waals surface area contributed by atoms with Gasteiger partial charge in [-0.15, -0.1) is 0 Å². The van der Waals surface area contributed by atoms with Gasteiger partial charge in [-0.2, -0.15) is 8.75 Å². The fourth-order valence-electron chi connectivity index (χ4n) is 4.17. The normalized spacial score (nSPS) is 26.5. The van der Waals surface area contributed by atoms with Crippen LogP contribution < -0.4 is 0 Å². The Balaban J connectivity index is 1.54. The van der Waals surface area contributed by atoms with Crippen molar-refractivity contribution in [3.05, 3.63) is 23.8 Å². The largest absolute Gasteiger partial charge is 0.481 e. The molecule has 1 aromatic heterocycles. The Morgan fingerprint density at radius 2 is 2.16 bits per heavy atom. The van der Waals surface area contributed by atoms with E-state index >= 15 is 0 Å². The molecule has 0 bridgehead atoms. The van der Waals surface area contributed by atoms with Gasteiger partial charge in [-0.25, -0.2) is 0 Å². The zero-order valence-corrected chi connectivity index (χ0v) is 14.8. The molecular formula is C17H20N4O3S. The Bertz CT molecular complexity index is 838. The molecule has 2 aromatic rings. The summed E-state index contributed by atoms with van der Waals surface area (Å²) in [6.45, 7) is 4.50. The van der Waals surface area contributed by atoms with Crippen LogP contribution in [0.4, 0.5) is 0 Å². The quantitative estimate of drug-likeness (QED) is 0.868. The third kappa shape index (κ3) is 2.60. The molecule has 2 atom stereocenters. The summed E-state index contributed by atoms with van der Waals surface area (Å²) in [4.78, 5) is 28.5. The number of nitrogens with zero attached hydrogens (tertiary/aromatic N) is 4. The third-order valence-electron chi connectivity index (χ3n) is 5.34. The minimum Gasteiger partial charge on any atom is -0.481 e. The minimum atomic E-state index is -0.974. The number of carboxylic acid groups (broad SMARTS) is 1. The Labute approximate surface area is 149 Å². The van der Waals surface area contributed by atoms with E-state index in [2.05, 4.69) is 13.6 Å².